The lowest BCUT2D eigenvalue weighted by atomic mass is 9.66. The first-order valence-corrected chi connectivity index (χ1v) is 7.52. The molecule has 0 radical (unpaired) electrons. The van der Waals surface area contributed by atoms with E-state index in [1.807, 2.05) is 30.3 Å². The van der Waals surface area contributed by atoms with Gasteiger partial charge in [-0.25, -0.2) is 0 Å². The van der Waals surface area contributed by atoms with E-state index in [2.05, 4.69) is 19.2 Å². The van der Waals surface area contributed by atoms with Crippen LogP contribution >= 0.6 is 0 Å². The van der Waals surface area contributed by atoms with Crippen molar-refractivity contribution in [3.05, 3.63) is 30.3 Å². The van der Waals surface area contributed by atoms with Crippen LogP contribution in [-0.4, -0.2) is 18.1 Å². The van der Waals surface area contributed by atoms with Crippen molar-refractivity contribution in [3.8, 4) is 0 Å². The Balaban J connectivity index is 1.68. The summed E-state index contributed by atoms with van der Waals surface area (Å²) in [6.07, 6.45) is 3.24. The number of carbonyl (C=O) groups is 1. The van der Waals surface area contributed by atoms with Crippen molar-refractivity contribution in [1.82, 2.24) is 0 Å². The third-order valence-corrected chi connectivity index (χ3v) is 6.60. The molecule has 1 aromatic carbocycles. The zero-order chi connectivity index (χ0) is 14.0. The van der Waals surface area contributed by atoms with Crippen LogP contribution in [0.2, 0.25) is 0 Å². The zero-order valence-corrected chi connectivity index (χ0v) is 12.1. The lowest BCUT2D eigenvalue weighted by Gasteiger charge is -2.39. The zero-order valence-electron chi connectivity index (χ0n) is 12.1. The molecule has 4 bridgehead atoms. The Kier molecular flexibility index (Phi) is 2.26. The molecule has 4 rings (SSSR count). The van der Waals surface area contributed by atoms with E-state index in [1.165, 1.54) is 6.42 Å². The predicted molar refractivity (Wildman–Crippen MR) is 77.3 cm³/mol. The summed E-state index contributed by atoms with van der Waals surface area (Å²) in [6.45, 7) is 5.31. The maximum atomic E-state index is 12.9. The standard InChI is InChI=1S/C17H21NO2/c1-15-11-20-17(10-12(15)8-9-16(15,17)2)14(19)18-13-6-4-3-5-7-13/h3-7,12H,8-11H2,1-2H3,(H,18,19)/t12-,15+,16-,17+/m0/s1. The lowest BCUT2D eigenvalue weighted by molar-refractivity contribution is -0.149. The van der Waals surface area contributed by atoms with Crippen LogP contribution < -0.4 is 5.32 Å². The highest BCUT2D eigenvalue weighted by Crippen LogP contribution is 2.75. The molecule has 1 heterocycles. The van der Waals surface area contributed by atoms with Crippen LogP contribution in [0.25, 0.3) is 0 Å². The third kappa shape index (κ3) is 1.19. The van der Waals surface area contributed by atoms with Crippen LogP contribution in [0.15, 0.2) is 30.3 Å². The van der Waals surface area contributed by atoms with Gasteiger partial charge in [0.05, 0.1) is 6.61 Å². The Bertz CT molecular complexity index is 572. The Morgan fingerprint density at radius 3 is 2.70 bits per heavy atom. The molecule has 20 heavy (non-hydrogen) atoms. The molecule has 2 aliphatic carbocycles. The number of hydrogen-bond acceptors (Lipinski definition) is 2. The molecular weight excluding hydrogens is 250 g/mol. The van der Waals surface area contributed by atoms with E-state index < -0.39 is 5.60 Å². The summed E-state index contributed by atoms with van der Waals surface area (Å²) >= 11 is 0. The molecule has 3 heteroatoms. The Labute approximate surface area is 119 Å². The summed E-state index contributed by atoms with van der Waals surface area (Å²) in [5, 5.41) is 3.07. The van der Waals surface area contributed by atoms with Crippen LogP contribution in [0.5, 0.6) is 0 Å². The first-order chi connectivity index (χ1) is 9.52. The molecule has 1 N–H and O–H groups in total. The molecule has 0 aromatic heterocycles. The minimum Gasteiger partial charge on any atom is -0.364 e. The van der Waals surface area contributed by atoms with E-state index in [0.29, 0.717) is 5.92 Å². The Morgan fingerprint density at radius 2 is 2.05 bits per heavy atom. The van der Waals surface area contributed by atoms with Gasteiger partial charge in [-0.1, -0.05) is 32.0 Å². The fraction of sp³-hybridized carbons (Fsp3) is 0.588. The number of hydrogen-bond donors (Lipinski definition) is 1. The fourth-order valence-electron chi connectivity index (χ4n) is 5.01. The van der Waals surface area contributed by atoms with Crippen molar-refractivity contribution in [3.63, 3.8) is 0 Å². The maximum absolute atomic E-state index is 12.9. The van der Waals surface area contributed by atoms with Gasteiger partial charge in [-0.15, -0.1) is 0 Å². The SMILES string of the molecule is C[C@@]12CC[C@H]3C[C@]1(C(=O)Nc1ccccc1)OC[C@]32C. The Morgan fingerprint density at radius 1 is 1.30 bits per heavy atom. The average Bonchev–Trinajstić information content (AvgIpc) is 2.92. The van der Waals surface area contributed by atoms with Crippen molar-refractivity contribution >= 4 is 11.6 Å². The molecule has 0 spiro atoms. The minimum atomic E-state index is -0.611. The normalized spacial score (nSPS) is 44.8. The van der Waals surface area contributed by atoms with Crippen LogP contribution in [0.1, 0.15) is 33.1 Å². The van der Waals surface area contributed by atoms with Gasteiger partial charge in [-0.3, -0.25) is 4.79 Å². The highest BCUT2D eigenvalue weighted by molar-refractivity contribution is 5.99. The quantitative estimate of drug-likeness (QED) is 0.897. The van der Waals surface area contributed by atoms with Crippen molar-refractivity contribution in [2.45, 2.75) is 38.7 Å². The van der Waals surface area contributed by atoms with Crippen molar-refractivity contribution < 1.29 is 9.53 Å². The van der Waals surface area contributed by atoms with Gasteiger partial charge in [-0.2, -0.15) is 0 Å². The second-order valence-corrected chi connectivity index (χ2v) is 7.13. The van der Waals surface area contributed by atoms with E-state index in [4.69, 9.17) is 4.74 Å². The molecule has 4 atom stereocenters. The van der Waals surface area contributed by atoms with Crippen LogP contribution in [0, 0.1) is 16.7 Å². The maximum Gasteiger partial charge on any atom is 0.257 e. The predicted octanol–water partition coefficient (Wildman–Crippen LogP) is 3.22. The van der Waals surface area contributed by atoms with Gasteiger partial charge < -0.3 is 10.1 Å². The highest BCUT2D eigenvalue weighted by atomic mass is 16.5. The molecular formula is C17H21NO2. The molecule has 1 aromatic rings. The minimum absolute atomic E-state index is 0.0104. The van der Waals surface area contributed by atoms with Crippen LogP contribution in [-0.2, 0) is 9.53 Å². The lowest BCUT2D eigenvalue weighted by Crippen LogP contribution is -2.52. The summed E-state index contributed by atoms with van der Waals surface area (Å²) in [5.74, 6) is 0.694. The van der Waals surface area contributed by atoms with Crippen LogP contribution in [0.3, 0.4) is 0 Å². The molecule has 3 aliphatic rings. The molecule has 1 saturated heterocycles. The smallest absolute Gasteiger partial charge is 0.257 e. The number of amides is 1. The molecule has 0 unspecified atom stereocenters. The van der Waals surface area contributed by atoms with Gasteiger partial charge in [0.25, 0.3) is 5.91 Å². The van der Waals surface area contributed by atoms with Gasteiger partial charge in [0, 0.05) is 16.5 Å². The van der Waals surface area contributed by atoms with E-state index in [-0.39, 0.29) is 16.7 Å². The fourth-order valence-corrected chi connectivity index (χ4v) is 5.01. The summed E-state index contributed by atoms with van der Waals surface area (Å²) in [5.41, 5.74) is 0.417. The average molecular weight is 271 g/mol. The topological polar surface area (TPSA) is 38.3 Å². The monoisotopic (exact) mass is 271 g/mol. The van der Waals surface area contributed by atoms with Crippen molar-refractivity contribution in [2.24, 2.45) is 16.7 Å². The molecule has 1 aliphatic heterocycles. The molecule has 3 nitrogen and oxygen atoms in total. The molecule has 2 saturated carbocycles. The summed E-state index contributed by atoms with van der Waals surface area (Å²) in [7, 11) is 0. The Hall–Kier alpha value is -1.35. The molecule has 3 fully saturated rings. The van der Waals surface area contributed by atoms with Gasteiger partial charge in [0.1, 0.15) is 0 Å². The summed E-state index contributed by atoms with van der Waals surface area (Å²) < 4.78 is 6.10. The number of anilines is 1. The third-order valence-electron chi connectivity index (χ3n) is 6.60. The second-order valence-electron chi connectivity index (χ2n) is 7.13. The number of ether oxygens (including phenoxy) is 1. The van der Waals surface area contributed by atoms with E-state index in [9.17, 15) is 4.79 Å². The number of rotatable bonds is 2. The first-order valence-electron chi connectivity index (χ1n) is 7.52. The number of benzene rings is 1. The molecule has 106 valence electrons. The van der Waals surface area contributed by atoms with Gasteiger partial charge >= 0.3 is 0 Å². The van der Waals surface area contributed by atoms with Gasteiger partial charge in [-0.05, 0) is 37.3 Å². The van der Waals surface area contributed by atoms with Crippen LogP contribution in [0.4, 0.5) is 5.69 Å². The summed E-state index contributed by atoms with van der Waals surface area (Å²) in [6, 6.07) is 9.69. The highest BCUT2D eigenvalue weighted by Gasteiger charge is 2.78. The van der Waals surface area contributed by atoms with E-state index in [1.54, 1.807) is 0 Å². The van der Waals surface area contributed by atoms with Gasteiger partial charge in [0.15, 0.2) is 5.60 Å². The number of nitrogens with one attached hydrogen (secondary N) is 1. The van der Waals surface area contributed by atoms with Gasteiger partial charge in [0.2, 0.25) is 0 Å². The van der Waals surface area contributed by atoms with E-state index >= 15 is 0 Å². The van der Waals surface area contributed by atoms with E-state index in [0.717, 1.165) is 25.1 Å². The van der Waals surface area contributed by atoms with Crippen molar-refractivity contribution in [1.29, 1.82) is 0 Å². The molecule has 1 amide bonds. The first kappa shape index (κ1) is 12.4. The largest absolute Gasteiger partial charge is 0.364 e. The second kappa shape index (κ2) is 3.64. The summed E-state index contributed by atoms with van der Waals surface area (Å²) in [4.78, 5) is 12.9. The number of carbonyl (C=O) groups excluding carboxylic acids is 1. The number of para-hydroxylation sites is 1. The van der Waals surface area contributed by atoms with Crippen molar-refractivity contribution in [2.75, 3.05) is 11.9 Å².